The number of esters is 1. The lowest BCUT2D eigenvalue weighted by Crippen LogP contribution is -2.37. The van der Waals surface area contributed by atoms with Crippen LogP contribution in [0, 0.1) is 0 Å². The molecule has 1 unspecified atom stereocenters. The first kappa shape index (κ1) is 23.1. The van der Waals surface area contributed by atoms with Gasteiger partial charge in [0.25, 0.3) is 0 Å². The van der Waals surface area contributed by atoms with Crippen LogP contribution in [0.25, 0.3) is 22.3 Å². The van der Waals surface area contributed by atoms with E-state index in [-0.39, 0.29) is 5.97 Å². The van der Waals surface area contributed by atoms with Crippen molar-refractivity contribution in [3.05, 3.63) is 61.1 Å². The number of fused-ring (bicyclic) bond motifs is 1. The minimum absolute atomic E-state index is 0.294. The first-order valence-electron chi connectivity index (χ1n) is 11.0. The van der Waals surface area contributed by atoms with Crippen LogP contribution >= 0.6 is 0 Å². The van der Waals surface area contributed by atoms with Gasteiger partial charge in [-0.05, 0) is 38.1 Å². The van der Waals surface area contributed by atoms with Gasteiger partial charge in [0.1, 0.15) is 17.5 Å². The van der Waals surface area contributed by atoms with E-state index in [0.717, 1.165) is 33.7 Å². The predicted molar refractivity (Wildman–Crippen MR) is 132 cm³/mol. The summed E-state index contributed by atoms with van der Waals surface area (Å²) in [6, 6.07) is 12.6. The number of rotatable bonds is 8. The van der Waals surface area contributed by atoms with Gasteiger partial charge in [0, 0.05) is 54.6 Å². The van der Waals surface area contributed by atoms with Gasteiger partial charge in [-0.25, -0.2) is 9.78 Å². The molecule has 0 fully saturated rings. The van der Waals surface area contributed by atoms with Gasteiger partial charge in [-0.1, -0.05) is 0 Å². The molecular formula is C26H28N4O4. The maximum atomic E-state index is 12.8. The molecule has 0 saturated carbocycles. The van der Waals surface area contributed by atoms with E-state index in [9.17, 15) is 4.79 Å². The van der Waals surface area contributed by atoms with Crippen molar-refractivity contribution >= 4 is 28.4 Å². The Morgan fingerprint density at radius 3 is 2.38 bits per heavy atom. The molecule has 0 bridgehead atoms. The largest absolute Gasteiger partial charge is 0.497 e. The van der Waals surface area contributed by atoms with Crippen molar-refractivity contribution in [2.24, 2.45) is 7.05 Å². The Morgan fingerprint density at radius 2 is 1.76 bits per heavy atom. The zero-order valence-corrected chi connectivity index (χ0v) is 20.0. The third-order valence-electron chi connectivity index (χ3n) is 5.56. The number of benzene rings is 2. The Bertz CT molecular complexity index is 1300. The zero-order valence-electron chi connectivity index (χ0n) is 20.0. The number of aryl methyl sites for hydroxylation is 1. The highest BCUT2D eigenvalue weighted by Gasteiger charge is 2.26. The normalized spacial score (nSPS) is 11.8. The quantitative estimate of drug-likeness (QED) is 0.351. The molecule has 4 aromatic rings. The Morgan fingerprint density at radius 1 is 1.03 bits per heavy atom. The van der Waals surface area contributed by atoms with Crippen molar-refractivity contribution < 1.29 is 19.0 Å². The molecule has 2 aromatic heterocycles. The summed E-state index contributed by atoms with van der Waals surface area (Å²) in [6.07, 6.45) is 5.73. The predicted octanol–water partition coefficient (Wildman–Crippen LogP) is 4.74. The first-order valence-corrected chi connectivity index (χ1v) is 11.0. The van der Waals surface area contributed by atoms with E-state index in [1.54, 1.807) is 40.3 Å². The topological polar surface area (TPSA) is 78.7 Å². The Labute approximate surface area is 198 Å². The van der Waals surface area contributed by atoms with Crippen molar-refractivity contribution in [3.8, 4) is 22.8 Å². The maximum Gasteiger partial charge on any atom is 0.328 e. The molecule has 8 nitrogen and oxygen atoms in total. The molecule has 0 radical (unpaired) electrons. The minimum atomic E-state index is -0.612. The summed E-state index contributed by atoms with van der Waals surface area (Å²) in [5.41, 5.74) is 4.73. The first-order chi connectivity index (χ1) is 16.4. The lowest BCUT2D eigenvalue weighted by Gasteiger charge is -2.30. The fraction of sp³-hybridized carbons (Fsp3) is 0.269. The van der Waals surface area contributed by atoms with Crippen LogP contribution in [-0.2, 0) is 16.6 Å². The molecule has 0 aliphatic rings. The van der Waals surface area contributed by atoms with Crippen LogP contribution in [0.4, 0.5) is 11.4 Å². The van der Waals surface area contributed by atoms with Crippen molar-refractivity contribution in [1.29, 1.82) is 0 Å². The Balaban J connectivity index is 1.85. The number of hydrogen-bond donors (Lipinski definition) is 0. The van der Waals surface area contributed by atoms with Crippen molar-refractivity contribution in [2.45, 2.75) is 19.9 Å². The molecule has 0 amide bonds. The highest BCUT2D eigenvalue weighted by Crippen LogP contribution is 2.36. The number of ether oxygens (including phenoxy) is 3. The van der Waals surface area contributed by atoms with Gasteiger partial charge >= 0.3 is 5.97 Å². The van der Waals surface area contributed by atoms with Crippen LogP contribution in [0.15, 0.2) is 61.1 Å². The van der Waals surface area contributed by atoms with Crippen LogP contribution in [0.1, 0.15) is 13.8 Å². The fourth-order valence-electron chi connectivity index (χ4n) is 3.84. The van der Waals surface area contributed by atoms with Crippen LogP contribution in [0.5, 0.6) is 11.5 Å². The van der Waals surface area contributed by atoms with Gasteiger partial charge in [0.2, 0.25) is 0 Å². The second-order valence-electron chi connectivity index (χ2n) is 7.86. The van der Waals surface area contributed by atoms with Crippen molar-refractivity contribution in [2.75, 3.05) is 25.7 Å². The van der Waals surface area contributed by atoms with Gasteiger partial charge < -0.3 is 23.7 Å². The average Bonchev–Trinajstić information content (AvgIpc) is 3.29. The van der Waals surface area contributed by atoms with E-state index in [4.69, 9.17) is 19.2 Å². The van der Waals surface area contributed by atoms with E-state index >= 15 is 0 Å². The SMILES string of the molecule is CCOC(=O)C(C)N(c1cc(OC)cc(OC)c1)c1ccc2ncc(-c3ccn(C)c3)nc2c1. The molecule has 4 rings (SSSR count). The summed E-state index contributed by atoms with van der Waals surface area (Å²) >= 11 is 0. The number of aromatic nitrogens is 3. The molecule has 0 aliphatic heterocycles. The summed E-state index contributed by atoms with van der Waals surface area (Å²) in [4.78, 5) is 24.1. The summed E-state index contributed by atoms with van der Waals surface area (Å²) < 4.78 is 18.2. The minimum Gasteiger partial charge on any atom is -0.497 e. The fourth-order valence-corrected chi connectivity index (χ4v) is 3.84. The van der Waals surface area contributed by atoms with Gasteiger partial charge in [-0.3, -0.25) is 4.98 Å². The van der Waals surface area contributed by atoms with Gasteiger partial charge in [0.05, 0.1) is 43.8 Å². The lowest BCUT2D eigenvalue weighted by molar-refractivity contribution is -0.144. The second-order valence-corrected chi connectivity index (χ2v) is 7.86. The number of carbonyl (C=O) groups is 1. The summed E-state index contributed by atoms with van der Waals surface area (Å²) in [5, 5.41) is 0. The van der Waals surface area contributed by atoms with Crippen LogP contribution in [-0.4, -0.2) is 47.4 Å². The van der Waals surface area contributed by atoms with Crippen LogP contribution in [0.3, 0.4) is 0 Å². The summed E-state index contributed by atoms with van der Waals surface area (Å²) in [6.45, 7) is 3.89. The number of carbonyl (C=O) groups excluding carboxylic acids is 1. The van der Waals surface area contributed by atoms with Crippen LogP contribution < -0.4 is 14.4 Å². The van der Waals surface area contributed by atoms with Gasteiger partial charge in [-0.2, -0.15) is 0 Å². The molecule has 1 atom stereocenters. The molecule has 0 saturated heterocycles. The number of anilines is 2. The summed E-state index contributed by atoms with van der Waals surface area (Å²) in [7, 11) is 5.15. The molecule has 8 heteroatoms. The maximum absolute atomic E-state index is 12.8. The van der Waals surface area contributed by atoms with E-state index in [1.165, 1.54) is 0 Å². The molecule has 0 N–H and O–H groups in total. The Hall–Kier alpha value is -4.07. The molecule has 2 heterocycles. The molecular weight excluding hydrogens is 432 g/mol. The van der Waals surface area contributed by atoms with Crippen LogP contribution in [0.2, 0.25) is 0 Å². The average molecular weight is 461 g/mol. The molecule has 0 aliphatic carbocycles. The third kappa shape index (κ3) is 4.66. The molecule has 2 aromatic carbocycles. The second kappa shape index (κ2) is 9.82. The summed E-state index contributed by atoms with van der Waals surface area (Å²) in [5.74, 6) is 0.887. The van der Waals surface area contributed by atoms with Crippen molar-refractivity contribution in [1.82, 2.24) is 14.5 Å². The standard InChI is InChI=1S/C26H28N4O4/c1-6-34-26(31)17(2)30(20-11-21(32-4)14-22(12-20)33-5)19-7-8-23-24(13-19)28-25(15-27-23)18-9-10-29(3)16-18/h7-17H,6H2,1-5H3. The molecule has 0 spiro atoms. The number of methoxy groups -OCH3 is 2. The van der Waals surface area contributed by atoms with Crippen molar-refractivity contribution in [3.63, 3.8) is 0 Å². The monoisotopic (exact) mass is 460 g/mol. The number of nitrogens with zero attached hydrogens (tertiary/aromatic N) is 4. The number of hydrogen-bond acceptors (Lipinski definition) is 7. The highest BCUT2D eigenvalue weighted by molar-refractivity contribution is 5.88. The van der Waals surface area contributed by atoms with E-state index in [2.05, 4.69) is 4.98 Å². The smallest absolute Gasteiger partial charge is 0.328 e. The lowest BCUT2D eigenvalue weighted by atomic mass is 10.1. The Kier molecular flexibility index (Phi) is 6.67. The van der Waals surface area contributed by atoms with E-state index in [0.29, 0.717) is 18.1 Å². The van der Waals surface area contributed by atoms with E-state index in [1.807, 2.05) is 65.3 Å². The third-order valence-corrected chi connectivity index (χ3v) is 5.56. The molecule has 34 heavy (non-hydrogen) atoms. The zero-order chi connectivity index (χ0) is 24.2. The molecule has 176 valence electrons. The highest BCUT2D eigenvalue weighted by atomic mass is 16.5. The van der Waals surface area contributed by atoms with Gasteiger partial charge in [0.15, 0.2) is 0 Å². The van der Waals surface area contributed by atoms with Gasteiger partial charge in [-0.15, -0.1) is 0 Å². The van der Waals surface area contributed by atoms with E-state index < -0.39 is 6.04 Å².